The zero-order valence-corrected chi connectivity index (χ0v) is 10.3. The summed E-state index contributed by atoms with van der Waals surface area (Å²) in [6.45, 7) is 0.568. The van der Waals surface area contributed by atoms with E-state index >= 15 is 0 Å². The minimum atomic E-state index is -1.41. The molecule has 0 aliphatic carbocycles. The molecule has 3 rings (SSSR count). The van der Waals surface area contributed by atoms with Gasteiger partial charge in [-0.15, -0.1) is 0 Å². The number of nitrogens with zero attached hydrogens (tertiary/aromatic N) is 3. The van der Waals surface area contributed by atoms with Crippen molar-refractivity contribution < 1.29 is 10.2 Å². The van der Waals surface area contributed by atoms with Crippen LogP contribution in [0.5, 0.6) is 0 Å². The minimum absolute atomic E-state index is 0.508. The first-order valence-electron chi connectivity index (χ1n) is 6.23. The van der Waals surface area contributed by atoms with Gasteiger partial charge in [-0.3, -0.25) is 0 Å². The summed E-state index contributed by atoms with van der Waals surface area (Å²) in [4.78, 5) is 1.77. The number of aromatic nitrogens is 2. The number of aliphatic hydroxyl groups excluding tert-OH is 1. The topological polar surface area (TPSA) is 69.5 Å². The molecule has 2 heterocycles. The largest absolute Gasteiger partial charge is 0.388 e. The van der Waals surface area contributed by atoms with Crippen LogP contribution in [0.1, 0.15) is 12.0 Å². The van der Waals surface area contributed by atoms with Gasteiger partial charge < -0.3 is 15.1 Å². The van der Waals surface area contributed by atoms with E-state index in [9.17, 15) is 10.2 Å². The molecule has 0 saturated carbocycles. The van der Waals surface area contributed by atoms with Gasteiger partial charge in [-0.05, 0) is 12.5 Å². The monoisotopic (exact) mass is 257 g/mol. The number of aliphatic hydroxyl groups is 2. The number of benzene rings is 1. The van der Waals surface area contributed by atoms with Crippen LogP contribution in [0.15, 0.2) is 48.8 Å². The second-order valence-corrected chi connectivity index (χ2v) is 4.65. The molecule has 2 atom stereocenters. The van der Waals surface area contributed by atoms with Gasteiger partial charge in [0.05, 0.1) is 18.1 Å². The molecule has 1 saturated heterocycles. The summed E-state index contributed by atoms with van der Waals surface area (Å²) in [5, 5.41) is 28.7. The smallest absolute Gasteiger partial charge is 0.191 e. The maximum Gasteiger partial charge on any atom is 0.191 e. The van der Waals surface area contributed by atoms with E-state index in [0.29, 0.717) is 18.5 Å². The fourth-order valence-corrected chi connectivity index (χ4v) is 2.60. The highest BCUT2D eigenvalue weighted by Gasteiger charge is 2.48. The van der Waals surface area contributed by atoms with Crippen molar-refractivity contribution in [3.63, 3.8) is 0 Å². The standard InChI is InChI=1S/C14H15N3O2/c18-13-7-9-17(12-6-8-15-16-10-12)14(13,19)11-4-2-1-3-5-11/h1-6,8,10,13,18-19H,7,9H2. The maximum absolute atomic E-state index is 11.0. The third kappa shape index (κ3) is 1.87. The molecule has 2 N–H and O–H groups in total. The van der Waals surface area contributed by atoms with E-state index in [-0.39, 0.29) is 0 Å². The Morgan fingerprint density at radius 1 is 1.16 bits per heavy atom. The average molecular weight is 257 g/mol. The third-order valence-electron chi connectivity index (χ3n) is 3.58. The van der Waals surface area contributed by atoms with Gasteiger partial charge in [0.25, 0.3) is 0 Å². The zero-order chi connectivity index (χ0) is 13.3. The van der Waals surface area contributed by atoms with Crippen LogP contribution in [0.3, 0.4) is 0 Å². The maximum atomic E-state index is 11.0. The molecule has 1 aromatic heterocycles. The van der Waals surface area contributed by atoms with E-state index in [1.165, 1.54) is 0 Å². The number of anilines is 1. The summed E-state index contributed by atoms with van der Waals surface area (Å²) in [5.41, 5.74) is 0.0133. The Morgan fingerprint density at radius 3 is 2.63 bits per heavy atom. The quantitative estimate of drug-likeness (QED) is 0.836. The molecule has 5 nitrogen and oxygen atoms in total. The predicted molar refractivity (Wildman–Crippen MR) is 70.3 cm³/mol. The van der Waals surface area contributed by atoms with Crippen molar-refractivity contribution in [3.05, 3.63) is 54.4 Å². The lowest BCUT2D eigenvalue weighted by molar-refractivity contribution is -0.0560. The molecule has 98 valence electrons. The molecule has 1 aliphatic heterocycles. The third-order valence-corrected chi connectivity index (χ3v) is 3.58. The predicted octanol–water partition coefficient (Wildman–Crippen LogP) is 0.893. The van der Waals surface area contributed by atoms with Crippen LogP contribution in [0.25, 0.3) is 0 Å². The Kier molecular flexibility index (Phi) is 2.93. The van der Waals surface area contributed by atoms with Crippen LogP contribution in [0.4, 0.5) is 5.69 Å². The van der Waals surface area contributed by atoms with E-state index in [4.69, 9.17) is 0 Å². The van der Waals surface area contributed by atoms with Gasteiger partial charge in [0.1, 0.15) is 6.10 Å². The molecule has 0 radical (unpaired) electrons. The highest BCUT2D eigenvalue weighted by molar-refractivity contribution is 5.50. The van der Waals surface area contributed by atoms with Gasteiger partial charge in [-0.25, -0.2) is 0 Å². The highest BCUT2D eigenvalue weighted by atomic mass is 16.4. The summed E-state index contributed by atoms with van der Waals surface area (Å²) in [5.74, 6) is 0. The molecular weight excluding hydrogens is 242 g/mol. The SMILES string of the molecule is OC1CCN(c2ccnnc2)C1(O)c1ccccc1. The van der Waals surface area contributed by atoms with Gasteiger partial charge >= 0.3 is 0 Å². The van der Waals surface area contributed by atoms with Crippen molar-refractivity contribution >= 4 is 5.69 Å². The lowest BCUT2D eigenvalue weighted by Crippen LogP contribution is -2.47. The van der Waals surface area contributed by atoms with Gasteiger partial charge in [-0.2, -0.15) is 10.2 Å². The molecule has 19 heavy (non-hydrogen) atoms. The van der Waals surface area contributed by atoms with Crippen molar-refractivity contribution in [1.82, 2.24) is 10.2 Å². The van der Waals surface area contributed by atoms with Crippen molar-refractivity contribution in [2.24, 2.45) is 0 Å². The molecule has 5 heteroatoms. The average Bonchev–Trinajstić information content (AvgIpc) is 2.78. The second-order valence-electron chi connectivity index (χ2n) is 4.65. The fraction of sp³-hybridized carbons (Fsp3) is 0.286. The molecule has 1 aromatic carbocycles. The Hall–Kier alpha value is -1.98. The summed E-state index contributed by atoms with van der Waals surface area (Å²) >= 11 is 0. The van der Waals surface area contributed by atoms with Crippen molar-refractivity contribution in [2.75, 3.05) is 11.4 Å². The summed E-state index contributed by atoms with van der Waals surface area (Å²) in [7, 11) is 0. The molecule has 1 aliphatic rings. The minimum Gasteiger partial charge on any atom is -0.388 e. The van der Waals surface area contributed by atoms with Crippen LogP contribution >= 0.6 is 0 Å². The number of rotatable bonds is 2. The van der Waals surface area contributed by atoms with E-state index in [1.807, 2.05) is 30.3 Å². The summed E-state index contributed by atoms with van der Waals surface area (Å²) in [6, 6.07) is 11.0. The van der Waals surface area contributed by atoms with E-state index in [0.717, 1.165) is 5.69 Å². The van der Waals surface area contributed by atoms with Crippen molar-refractivity contribution in [1.29, 1.82) is 0 Å². The Balaban J connectivity index is 2.06. The fourth-order valence-electron chi connectivity index (χ4n) is 2.60. The van der Waals surface area contributed by atoms with Gasteiger partial charge in [0.15, 0.2) is 5.72 Å². The molecule has 1 fully saturated rings. The van der Waals surface area contributed by atoms with Crippen LogP contribution in [0.2, 0.25) is 0 Å². The van der Waals surface area contributed by atoms with Gasteiger partial charge in [-0.1, -0.05) is 30.3 Å². The van der Waals surface area contributed by atoms with Crippen LogP contribution in [0, 0.1) is 0 Å². The van der Waals surface area contributed by atoms with Crippen LogP contribution < -0.4 is 4.90 Å². The Labute approximate surface area is 111 Å². The molecule has 0 bridgehead atoms. The van der Waals surface area contributed by atoms with Crippen molar-refractivity contribution in [2.45, 2.75) is 18.2 Å². The lowest BCUT2D eigenvalue weighted by Gasteiger charge is -2.37. The molecular formula is C14H15N3O2. The lowest BCUT2D eigenvalue weighted by atomic mass is 9.97. The first-order valence-corrected chi connectivity index (χ1v) is 6.23. The van der Waals surface area contributed by atoms with Gasteiger partial charge in [0, 0.05) is 12.1 Å². The zero-order valence-electron chi connectivity index (χ0n) is 10.3. The number of hydrogen-bond donors (Lipinski definition) is 2. The van der Waals surface area contributed by atoms with E-state index < -0.39 is 11.8 Å². The van der Waals surface area contributed by atoms with Gasteiger partial charge in [0.2, 0.25) is 0 Å². The normalized spacial score (nSPS) is 26.6. The first kappa shape index (κ1) is 12.1. The Morgan fingerprint density at radius 2 is 1.95 bits per heavy atom. The molecule has 2 unspecified atom stereocenters. The first-order chi connectivity index (χ1) is 9.23. The Bertz CT molecular complexity index is 549. The molecule has 0 amide bonds. The summed E-state index contributed by atoms with van der Waals surface area (Å²) in [6.07, 6.45) is 2.84. The second kappa shape index (κ2) is 4.60. The summed E-state index contributed by atoms with van der Waals surface area (Å²) < 4.78 is 0. The van der Waals surface area contributed by atoms with Crippen molar-refractivity contribution in [3.8, 4) is 0 Å². The highest BCUT2D eigenvalue weighted by Crippen LogP contribution is 2.39. The van der Waals surface area contributed by atoms with Crippen LogP contribution in [-0.4, -0.2) is 33.1 Å². The van der Waals surface area contributed by atoms with Crippen LogP contribution in [-0.2, 0) is 5.72 Å². The van der Waals surface area contributed by atoms with E-state index in [1.54, 1.807) is 23.4 Å². The number of hydrogen-bond acceptors (Lipinski definition) is 5. The van der Waals surface area contributed by atoms with E-state index in [2.05, 4.69) is 10.2 Å². The molecule has 0 spiro atoms. The molecule has 2 aromatic rings.